The van der Waals surface area contributed by atoms with Gasteiger partial charge < -0.3 is 14.6 Å². The van der Waals surface area contributed by atoms with E-state index in [1.54, 1.807) is 0 Å². The van der Waals surface area contributed by atoms with Crippen LogP contribution in [0.1, 0.15) is 18.1 Å². The van der Waals surface area contributed by atoms with Crippen molar-refractivity contribution in [1.29, 1.82) is 0 Å². The Morgan fingerprint density at radius 1 is 1.15 bits per heavy atom. The normalized spacial score (nSPS) is 13.1. The van der Waals surface area contributed by atoms with Crippen molar-refractivity contribution in [3.63, 3.8) is 0 Å². The smallest absolute Gasteiger partial charge is 0.343 e. The standard InChI is InChI=1S/C20H24ClNO4/c1-14(22-19(23)12-16-4-3-5-17(21)11-16)10-15-6-8-18(9-7-15)26-13-20(24)25-2/h3-9,11,14,19,22-23H,10,12-13H2,1-2H3. The molecule has 2 atom stereocenters. The van der Waals surface area contributed by atoms with Crippen LogP contribution in [0.5, 0.6) is 5.75 Å². The molecular formula is C20H24ClNO4. The second-order valence-electron chi connectivity index (χ2n) is 6.13. The Bertz CT molecular complexity index is 705. The van der Waals surface area contributed by atoms with Crippen molar-refractivity contribution in [1.82, 2.24) is 5.32 Å². The fourth-order valence-corrected chi connectivity index (χ4v) is 2.82. The zero-order valence-electron chi connectivity index (χ0n) is 14.9. The summed E-state index contributed by atoms with van der Waals surface area (Å²) in [6.45, 7) is 1.91. The summed E-state index contributed by atoms with van der Waals surface area (Å²) >= 11 is 5.96. The van der Waals surface area contributed by atoms with Gasteiger partial charge in [0.15, 0.2) is 6.61 Å². The summed E-state index contributed by atoms with van der Waals surface area (Å²) in [7, 11) is 1.32. The van der Waals surface area contributed by atoms with Gasteiger partial charge >= 0.3 is 5.97 Å². The lowest BCUT2D eigenvalue weighted by molar-refractivity contribution is -0.142. The summed E-state index contributed by atoms with van der Waals surface area (Å²) in [6, 6.07) is 15.1. The molecule has 0 radical (unpaired) electrons. The molecule has 2 aromatic rings. The highest BCUT2D eigenvalue weighted by molar-refractivity contribution is 6.30. The van der Waals surface area contributed by atoms with Crippen LogP contribution < -0.4 is 10.1 Å². The third-order valence-electron chi connectivity index (χ3n) is 3.84. The van der Waals surface area contributed by atoms with Crippen LogP contribution in [0, 0.1) is 0 Å². The number of hydrogen-bond donors (Lipinski definition) is 2. The summed E-state index contributed by atoms with van der Waals surface area (Å²) in [4.78, 5) is 11.1. The van der Waals surface area contributed by atoms with Crippen LogP contribution >= 0.6 is 11.6 Å². The van der Waals surface area contributed by atoms with Gasteiger partial charge in [0, 0.05) is 17.5 Å². The highest BCUT2D eigenvalue weighted by atomic mass is 35.5. The number of nitrogens with one attached hydrogen (secondary N) is 1. The summed E-state index contributed by atoms with van der Waals surface area (Å²) in [5.74, 6) is 0.196. The Hall–Kier alpha value is -2.08. The largest absolute Gasteiger partial charge is 0.482 e. The second kappa shape index (κ2) is 10.2. The van der Waals surface area contributed by atoms with Crippen molar-refractivity contribution >= 4 is 17.6 Å². The number of hydrogen-bond acceptors (Lipinski definition) is 5. The topological polar surface area (TPSA) is 67.8 Å². The maximum atomic E-state index is 11.1. The molecule has 2 aromatic carbocycles. The van der Waals surface area contributed by atoms with Gasteiger partial charge in [0.05, 0.1) is 7.11 Å². The molecular weight excluding hydrogens is 354 g/mol. The lowest BCUT2D eigenvalue weighted by Gasteiger charge is -2.19. The van der Waals surface area contributed by atoms with Crippen molar-refractivity contribution in [3.8, 4) is 5.75 Å². The molecule has 0 aromatic heterocycles. The number of esters is 1. The van der Waals surface area contributed by atoms with E-state index in [4.69, 9.17) is 16.3 Å². The molecule has 0 saturated carbocycles. The van der Waals surface area contributed by atoms with Crippen molar-refractivity contribution < 1.29 is 19.4 Å². The van der Waals surface area contributed by atoms with Crippen LogP contribution in [-0.2, 0) is 22.4 Å². The summed E-state index contributed by atoms with van der Waals surface area (Å²) in [6.07, 6.45) is 0.598. The molecule has 2 unspecified atom stereocenters. The molecule has 6 heteroatoms. The molecule has 0 aliphatic carbocycles. The molecule has 26 heavy (non-hydrogen) atoms. The van der Waals surface area contributed by atoms with E-state index in [9.17, 15) is 9.90 Å². The van der Waals surface area contributed by atoms with E-state index in [1.807, 2.05) is 55.5 Å². The van der Waals surface area contributed by atoms with Crippen molar-refractivity contribution in [2.24, 2.45) is 0 Å². The van der Waals surface area contributed by atoms with E-state index in [0.29, 0.717) is 17.2 Å². The van der Waals surface area contributed by atoms with Crippen LogP contribution in [0.2, 0.25) is 5.02 Å². The fraction of sp³-hybridized carbons (Fsp3) is 0.350. The highest BCUT2D eigenvalue weighted by Crippen LogP contribution is 2.15. The molecule has 0 aliphatic heterocycles. The average molecular weight is 378 g/mol. The number of aliphatic hydroxyl groups excluding tert-OH is 1. The van der Waals surface area contributed by atoms with E-state index < -0.39 is 12.2 Å². The van der Waals surface area contributed by atoms with Crippen LogP contribution in [0.25, 0.3) is 0 Å². The first-order valence-corrected chi connectivity index (χ1v) is 8.81. The average Bonchev–Trinajstić information content (AvgIpc) is 2.60. The number of carbonyl (C=O) groups is 1. The quantitative estimate of drug-likeness (QED) is 0.519. The third-order valence-corrected chi connectivity index (χ3v) is 4.08. The molecule has 0 amide bonds. The van der Waals surface area contributed by atoms with E-state index in [2.05, 4.69) is 10.1 Å². The Labute approximate surface area is 158 Å². The molecule has 0 saturated heterocycles. The summed E-state index contributed by atoms with van der Waals surface area (Å²) < 4.78 is 9.85. The van der Waals surface area contributed by atoms with Crippen LogP contribution in [0.4, 0.5) is 0 Å². The Kier molecular flexibility index (Phi) is 7.91. The summed E-state index contributed by atoms with van der Waals surface area (Å²) in [5.41, 5.74) is 2.09. The molecule has 5 nitrogen and oxygen atoms in total. The van der Waals surface area contributed by atoms with Crippen molar-refractivity contribution in [2.75, 3.05) is 13.7 Å². The third kappa shape index (κ3) is 7.04. The first-order chi connectivity index (χ1) is 12.5. The van der Waals surface area contributed by atoms with Gasteiger partial charge in [-0.05, 0) is 48.7 Å². The fourth-order valence-electron chi connectivity index (χ4n) is 2.61. The zero-order valence-corrected chi connectivity index (χ0v) is 15.7. The van der Waals surface area contributed by atoms with Gasteiger partial charge in [-0.3, -0.25) is 5.32 Å². The minimum atomic E-state index is -0.647. The first-order valence-electron chi connectivity index (χ1n) is 8.43. The van der Waals surface area contributed by atoms with Gasteiger partial charge in [-0.25, -0.2) is 4.79 Å². The number of halogens is 1. The number of carbonyl (C=O) groups excluding carboxylic acids is 1. The highest BCUT2D eigenvalue weighted by Gasteiger charge is 2.11. The predicted octanol–water partition coefficient (Wildman–Crippen LogP) is 2.97. The van der Waals surface area contributed by atoms with Gasteiger partial charge in [-0.15, -0.1) is 0 Å². The maximum Gasteiger partial charge on any atom is 0.343 e. The van der Waals surface area contributed by atoms with Gasteiger partial charge in [-0.1, -0.05) is 35.9 Å². The maximum absolute atomic E-state index is 11.1. The molecule has 0 aliphatic rings. The Morgan fingerprint density at radius 2 is 1.88 bits per heavy atom. The van der Waals surface area contributed by atoms with Crippen molar-refractivity contribution in [3.05, 3.63) is 64.7 Å². The number of rotatable bonds is 9. The number of benzene rings is 2. The Morgan fingerprint density at radius 3 is 2.54 bits per heavy atom. The van der Waals surface area contributed by atoms with Crippen LogP contribution in [0.3, 0.4) is 0 Å². The van der Waals surface area contributed by atoms with Gasteiger partial charge in [0.1, 0.15) is 12.0 Å². The van der Waals surface area contributed by atoms with Gasteiger partial charge in [-0.2, -0.15) is 0 Å². The van der Waals surface area contributed by atoms with E-state index in [-0.39, 0.29) is 12.6 Å². The molecule has 2 rings (SSSR count). The van der Waals surface area contributed by atoms with Crippen molar-refractivity contribution in [2.45, 2.75) is 32.0 Å². The van der Waals surface area contributed by atoms with Crippen LogP contribution in [0.15, 0.2) is 48.5 Å². The SMILES string of the molecule is COC(=O)COc1ccc(CC(C)NC(O)Cc2cccc(Cl)c2)cc1. The molecule has 140 valence electrons. The number of methoxy groups -OCH3 is 1. The van der Waals surface area contributed by atoms with Gasteiger partial charge in [0.25, 0.3) is 0 Å². The molecule has 2 N–H and O–H groups in total. The van der Waals surface area contributed by atoms with E-state index in [1.165, 1.54) is 7.11 Å². The van der Waals surface area contributed by atoms with E-state index in [0.717, 1.165) is 17.5 Å². The minimum Gasteiger partial charge on any atom is -0.482 e. The lowest BCUT2D eigenvalue weighted by Crippen LogP contribution is -2.39. The molecule has 0 heterocycles. The first kappa shape index (κ1) is 20.2. The minimum absolute atomic E-state index is 0.0889. The van der Waals surface area contributed by atoms with Gasteiger partial charge in [0.2, 0.25) is 0 Å². The molecule has 0 fully saturated rings. The summed E-state index contributed by atoms with van der Waals surface area (Å²) in [5, 5.41) is 14.1. The Balaban J connectivity index is 1.79. The number of ether oxygens (including phenoxy) is 2. The second-order valence-corrected chi connectivity index (χ2v) is 6.57. The van der Waals surface area contributed by atoms with E-state index >= 15 is 0 Å². The van der Waals surface area contributed by atoms with Crippen LogP contribution in [-0.4, -0.2) is 37.1 Å². The zero-order chi connectivity index (χ0) is 18.9. The number of aliphatic hydroxyl groups is 1. The molecule has 0 spiro atoms. The monoisotopic (exact) mass is 377 g/mol. The lowest BCUT2D eigenvalue weighted by atomic mass is 10.1. The predicted molar refractivity (Wildman–Crippen MR) is 101 cm³/mol. The molecule has 0 bridgehead atoms.